The van der Waals surface area contributed by atoms with Gasteiger partial charge < -0.3 is 5.32 Å². The van der Waals surface area contributed by atoms with E-state index in [1.807, 2.05) is 60.7 Å². The van der Waals surface area contributed by atoms with Crippen molar-refractivity contribution in [2.45, 2.75) is 38.5 Å². The quantitative estimate of drug-likeness (QED) is 0.511. The van der Waals surface area contributed by atoms with Crippen molar-refractivity contribution in [3.8, 4) is 0 Å². The van der Waals surface area contributed by atoms with Crippen LogP contribution < -0.4 is 5.32 Å². The highest BCUT2D eigenvalue weighted by Crippen LogP contribution is 2.10. The second-order valence-corrected chi connectivity index (χ2v) is 5.93. The van der Waals surface area contributed by atoms with Gasteiger partial charge in [-0.2, -0.15) is 0 Å². The molecule has 126 valence electrons. The van der Waals surface area contributed by atoms with E-state index in [1.54, 1.807) is 0 Å². The van der Waals surface area contributed by atoms with Gasteiger partial charge in [-0.15, -0.1) is 0 Å². The minimum atomic E-state index is -0.0101. The van der Waals surface area contributed by atoms with Crippen molar-refractivity contribution in [3.05, 3.63) is 71.8 Å². The zero-order chi connectivity index (χ0) is 17.0. The molecule has 0 heterocycles. The molecule has 0 aliphatic rings. The fraction of sp³-hybridized carbons (Fsp3) is 0.333. The number of amides is 1. The summed E-state index contributed by atoms with van der Waals surface area (Å²) in [4.78, 5) is 23.8. The zero-order valence-corrected chi connectivity index (χ0v) is 14.0. The van der Waals surface area contributed by atoms with Gasteiger partial charge in [0, 0.05) is 24.1 Å². The lowest BCUT2D eigenvalue weighted by Gasteiger charge is -2.05. The third-order valence-electron chi connectivity index (χ3n) is 4.00. The number of unbranched alkanes of at least 4 members (excludes halogenated alkanes) is 4. The number of ketones is 1. The molecule has 1 N–H and O–H groups in total. The predicted molar refractivity (Wildman–Crippen MR) is 97.2 cm³/mol. The first-order valence-corrected chi connectivity index (χ1v) is 8.69. The number of carbonyl (C=O) groups is 2. The Labute approximate surface area is 144 Å². The summed E-state index contributed by atoms with van der Waals surface area (Å²) in [6.45, 7) is 0.705. The van der Waals surface area contributed by atoms with Gasteiger partial charge >= 0.3 is 0 Å². The van der Waals surface area contributed by atoms with Gasteiger partial charge in [0.25, 0.3) is 5.91 Å². The number of benzene rings is 2. The van der Waals surface area contributed by atoms with Gasteiger partial charge in [-0.3, -0.25) is 9.59 Å². The standard InChI is InChI=1S/C21H25NO2/c23-20(18-12-6-4-7-13-18)16-10-2-1-3-11-17-22-21(24)19-14-8-5-9-15-19/h4-9,12-15H,1-3,10-11,16-17H2,(H,22,24). The summed E-state index contributed by atoms with van der Waals surface area (Å²) in [7, 11) is 0. The van der Waals surface area contributed by atoms with Crippen LogP contribution in [0.15, 0.2) is 60.7 Å². The summed E-state index contributed by atoms with van der Waals surface area (Å²) < 4.78 is 0. The Morgan fingerprint density at radius 1 is 0.667 bits per heavy atom. The molecule has 0 aromatic heterocycles. The molecular formula is C21H25NO2. The van der Waals surface area contributed by atoms with Crippen molar-refractivity contribution in [2.24, 2.45) is 0 Å². The Hall–Kier alpha value is -2.42. The average Bonchev–Trinajstić information content (AvgIpc) is 2.65. The molecule has 0 fully saturated rings. The van der Waals surface area contributed by atoms with Crippen LogP contribution in [0.2, 0.25) is 0 Å². The van der Waals surface area contributed by atoms with Gasteiger partial charge in [0.2, 0.25) is 0 Å². The van der Waals surface area contributed by atoms with Crippen LogP contribution in [0.1, 0.15) is 59.2 Å². The van der Waals surface area contributed by atoms with E-state index in [0.717, 1.165) is 37.7 Å². The molecule has 0 aliphatic carbocycles. The van der Waals surface area contributed by atoms with Crippen molar-refractivity contribution in [3.63, 3.8) is 0 Å². The molecule has 2 rings (SSSR count). The molecule has 0 saturated carbocycles. The van der Waals surface area contributed by atoms with E-state index in [4.69, 9.17) is 0 Å². The maximum Gasteiger partial charge on any atom is 0.251 e. The van der Waals surface area contributed by atoms with Crippen LogP contribution in [0.25, 0.3) is 0 Å². The smallest absolute Gasteiger partial charge is 0.251 e. The third-order valence-corrected chi connectivity index (χ3v) is 4.00. The monoisotopic (exact) mass is 323 g/mol. The second kappa shape index (κ2) is 10.4. The van der Waals surface area contributed by atoms with E-state index in [-0.39, 0.29) is 11.7 Å². The summed E-state index contributed by atoms with van der Waals surface area (Å²) in [6, 6.07) is 18.7. The SMILES string of the molecule is O=C(CCCCCCCNC(=O)c1ccccc1)c1ccccc1. The predicted octanol–water partition coefficient (Wildman–Crippen LogP) is 4.64. The lowest BCUT2D eigenvalue weighted by molar-refractivity contribution is 0.0950. The molecule has 2 aromatic rings. The topological polar surface area (TPSA) is 46.2 Å². The third kappa shape index (κ3) is 6.37. The highest BCUT2D eigenvalue weighted by atomic mass is 16.1. The van der Waals surface area contributed by atoms with E-state index in [1.165, 1.54) is 0 Å². The Kier molecular flexibility index (Phi) is 7.75. The van der Waals surface area contributed by atoms with E-state index < -0.39 is 0 Å². The summed E-state index contributed by atoms with van der Waals surface area (Å²) in [5.74, 6) is 0.217. The van der Waals surface area contributed by atoms with E-state index in [2.05, 4.69) is 5.32 Å². The lowest BCUT2D eigenvalue weighted by Crippen LogP contribution is -2.24. The fourth-order valence-electron chi connectivity index (χ4n) is 2.60. The van der Waals surface area contributed by atoms with Gasteiger partial charge in [-0.1, -0.05) is 67.8 Å². The van der Waals surface area contributed by atoms with Crippen LogP contribution in [-0.4, -0.2) is 18.2 Å². The molecule has 0 aliphatic heterocycles. The highest BCUT2D eigenvalue weighted by Gasteiger charge is 2.05. The van der Waals surface area contributed by atoms with Crippen molar-refractivity contribution in [1.29, 1.82) is 0 Å². The van der Waals surface area contributed by atoms with Gasteiger partial charge in [-0.25, -0.2) is 0 Å². The fourth-order valence-corrected chi connectivity index (χ4v) is 2.60. The molecule has 0 radical (unpaired) electrons. The van der Waals surface area contributed by atoms with Crippen molar-refractivity contribution >= 4 is 11.7 Å². The number of rotatable bonds is 10. The van der Waals surface area contributed by atoms with Gasteiger partial charge in [0.1, 0.15) is 0 Å². The maximum absolute atomic E-state index is 11.9. The first-order valence-electron chi connectivity index (χ1n) is 8.69. The largest absolute Gasteiger partial charge is 0.352 e. The highest BCUT2D eigenvalue weighted by molar-refractivity contribution is 5.96. The van der Waals surface area contributed by atoms with E-state index in [0.29, 0.717) is 18.5 Å². The Morgan fingerprint density at radius 3 is 1.88 bits per heavy atom. The van der Waals surface area contributed by atoms with E-state index >= 15 is 0 Å². The van der Waals surface area contributed by atoms with Crippen LogP contribution in [0.4, 0.5) is 0 Å². The summed E-state index contributed by atoms with van der Waals surface area (Å²) in [5, 5.41) is 2.94. The summed E-state index contributed by atoms with van der Waals surface area (Å²) in [6.07, 6.45) is 5.77. The Morgan fingerprint density at radius 2 is 1.21 bits per heavy atom. The van der Waals surface area contributed by atoms with E-state index in [9.17, 15) is 9.59 Å². The summed E-state index contributed by atoms with van der Waals surface area (Å²) >= 11 is 0. The van der Waals surface area contributed by atoms with Crippen LogP contribution in [0.3, 0.4) is 0 Å². The second-order valence-electron chi connectivity index (χ2n) is 5.93. The molecule has 0 saturated heterocycles. The lowest BCUT2D eigenvalue weighted by atomic mass is 10.0. The summed E-state index contributed by atoms with van der Waals surface area (Å²) in [5.41, 5.74) is 1.51. The normalized spacial score (nSPS) is 10.3. The molecule has 24 heavy (non-hydrogen) atoms. The first kappa shape index (κ1) is 17.9. The number of Topliss-reactive ketones (excluding diaryl/α,β-unsaturated/α-hetero) is 1. The van der Waals surface area contributed by atoms with Gasteiger partial charge in [0.15, 0.2) is 5.78 Å². The first-order chi connectivity index (χ1) is 11.8. The van der Waals surface area contributed by atoms with Crippen molar-refractivity contribution in [2.75, 3.05) is 6.54 Å². The Balaban J connectivity index is 1.48. The molecule has 3 heteroatoms. The van der Waals surface area contributed by atoms with Crippen molar-refractivity contribution in [1.82, 2.24) is 5.32 Å². The van der Waals surface area contributed by atoms with Gasteiger partial charge in [-0.05, 0) is 25.0 Å². The molecular weight excluding hydrogens is 298 g/mol. The van der Waals surface area contributed by atoms with Crippen LogP contribution in [-0.2, 0) is 0 Å². The molecule has 0 bridgehead atoms. The molecule has 0 atom stereocenters. The van der Waals surface area contributed by atoms with Crippen LogP contribution in [0.5, 0.6) is 0 Å². The zero-order valence-electron chi connectivity index (χ0n) is 14.0. The van der Waals surface area contributed by atoms with Crippen LogP contribution in [0, 0.1) is 0 Å². The Bertz CT molecular complexity index is 565. The number of hydrogen-bond acceptors (Lipinski definition) is 2. The molecule has 0 unspecified atom stereocenters. The molecule has 1 amide bonds. The number of carbonyl (C=O) groups excluding carboxylic acids is 2. The van der Waals surface area contributed by atoms with Crippen LogP contribution >= 0.6 is 0 Å². The van der Waals surface area contributed by atoms with Crippen molar-refractivity contribution < 1.29 is 9.59 Å². The number of nitrogens with one attached hydrogen (secondary N) is 1. The maximum atomic E-state index is 11.9. The molecule has 3 nitrogen and oxygen atoms in total. The minimum Gasteiger partial charge on any atom is -0.352 e. The number of hydrogen-bond donors (Lipinski definition) is 1. The molecule has 0 spiro atoms. The van der Waals surface area contributed by atoms with Gasteiger partial charge in [0.05, 0.1) is 0 Å². The molecule has 2 aromatic carbocycles. The minimum absolute atomic E-state index is 0.0101. The average molecular weight is 323 g/mol.